The quantitative estimate of drug-likeness (QED) is 0.825. The summed E-state index contributed by atoms with van der Waals surface area (Å²) in [5.41, 5.74) is 0.929. The Morgan fingerprint density at radius 3 is 3.25 bits per heavy atom. The molecule has 0 bridgehead atoms. The molecule has 86 valence electrons. The fraction of sp³-hybridized carbons (Fsp3) is 0.583. The molecule has 1 amide bonds. The Balaban J connectivity index is 1.67. The molecule has 1 aromatic rings. The lowest BCUT2D eigenvalue weighted by atomic mass is 9.93. The van der Waals surface area contributed by atoms with Crippen molar-refractivity contribution in [1.82, 2.24) is 5.32 Å². The molecule has 3 nitrogen and oxygen atoms in total. The highest BCUT2D eigenvalue weighted by molar-refractivity contribution is 7.08. The summed E-state index contributed by atoms with van der Waals surface area (Å²) in [5.74, 6) is 1.45. The summed E-state index contributed by atoms with van der Waals surface area (Å²) in [6.07, 6.45) is 3.79. The number of thiophene rings is 1. The monoisotopic (exact) mass is 236 g/mol. The van der Waals surface area contributed by atoms with Crippen LogP contribution in [0.15, 0.2) is 16.8 Å². The van der Waals surface area contributed by atoms with Crippen LogP contribution in [0, 0.1) is 11.8 Å². The maximum absolute atomic E-state index is 12.1. The van der Waals surface area contributed by atoms with Gasteiger partial charge in [-0.1, -0.05) is 6.42 Å². The number of hydrogen-bond donors (Lipinski definition) is 2. The predicted molar refractivity (Wildman–Crippen MR) is 65.6 cm³/mol. The molecule has 3 rings (SSSR count). The van der Waals surface area contributed by atoms with E-state index >= 15 is 0 Å². The van der Waals surface area contributed by atoms with Gasteiger partial charge in [0.05, 0.1) is 11.7 Å². The van der Waals surface area contributed by atoms with Crippen LogP contribution < -0.4 is 10.6 Å². The van der Waals surface area contributed by atoms with Crippen LogP contribution in [0.3, 0.4) is 0 Å². The average Bonchev–Trinajstić information content (AvgIpc) is 2.92. The topological polar surface area (TPSA) is 41.1 Å². The zero-order valence-corrected chi connectivity index (χ0v) is 9.93. The van der Waals surface area contributed by atoms with Crippen LogP contribution >= 0.6 is 11.3 Å². The molecule has 0 radical (unpaired) electrons. The van der Waals surface area contributed by atoms with Gasteiger partial charge < -0.3 is 10.6 Å². The van der Waals surface area contributed by atoms with Gasteiger partial charge >= 0.3 is 0 Å². The molecule has 3 unspecified atom stereocenters. The highest BCUT2D eigenvalue weighted by Crippen LogP contribution is 2.37. The second kappa shape index (κ2) is 4.18. The maximum Gasteiger partial charge on any atom is 0.241 e. The summed E-state index contributed by atoms with van der Waals surface area (Å²) in [7, 11) is 0. The summed E-state index contributed by atoms with van der Waals surface area (Å²) in [6.45, 7) is 1.02. The van der Waals surface area contributed by atoms with E-state index in [1.807, 2.05) is 16.8 Å². The Morgan fingerprint density at radius 1 is 1.50 bits per heavy atom. The maximum atomic E-state index is 12.1. The van der Waals surface area contributed by atoms with E-state index in [2.05, 4.69) is 10.6 Å². The third kappa shape index (κ3) is 1.76. The number of fused-ring (bicyclic) bond motifs is 1. The van der Waals surface area contributed by atoms with Crippen molar-refractivity contribution in [3.8, 4) is 0 Å². The van der Waals surface area contributed by atoms with Gasteiger partial charge in [0.15, 0.2) is 0 Å². The van der Waals surface area contributed by atoms with Crippen molar-refractivity contribution < 1.29 is 4.79 Å². The van der Waals surface area contributed by atoms with Gasteiger partial charge in [0.25, 0.3) is 0 Å². The second-order valence-electron chi connectivity index (χ2n) is 4.74. The largest absolute Gasteiger partial charge is 0.324 e. The van der Waals surface area contributed by atoms with Crippen LogP contribution in [0.4, 0.5) is 5.69 Å². The van der Waals surface area contributed by atoms with E-state index in [1.165, 1.54) is 19.3 Å². The van der Waals surface area contributed by atoms with Crippen LogP contribution in [0.1, 0.15) is 19.3 Å². The number of nitrogens with one attached hydrogen (secondary N) is 2. The number of hydrogen-bond acceptors (Lipinski definition) is 3. The van der Waals surface area contributed by atoms with Crippen molar-refractivity contribution in [2.75, 3.05) is 11.9 Å². The van der Waals surface area contributed by atoms with E-state index < -0.39 is 0 Å². The first-order valence-corrected chi connectivity index (χ1v) is 6.85. The lowest BCUT2D eigenvalue weighted by Gasteiger charge is -2.17. The molecule has 1 aliphatic heterocycles. The van der Waals surface area contributed by atoms with Gasteiger partial charge in [0.1, 0.15) is 0 Å². The second-order valence-corrected chi connectivity index (χ2v) is 5.52. The van der Waals surface area contributed by atoms with Gasteiger partial charge in [-0.15, -0.1) is 0 Å². The number of amides is 1. The molecular formula is C12H16N2OS. The number of rotatable bonds is 2. The minimum atomic E-state index is 0.0346. The highest BCUT2D eigenvalue weighted by Gasteiger charge is 2.42. The molecule has 2 fully saturated rings. The van der Waals surface area contributed by atoms with E-state index in [0.717, 1.165) is 18.2 Å². The summed E-state index contributed by atoms with van der Waals surface area (Å²) in [5, 5.41) is 10.3. The molecule has 0 spiro atoms. The Morgan fingerprint density at radius 2 is 2.44 bits per heavy atom. The zero-order chi connectivity index (χ0) is 11.0. The highest BCUT2D eigenvalue weighted by atomic mass is 32.1. The van der Waals surface area contributed by atoms with Crippen molar-refractivity contribution in [3.63, 3.8) is 0 Å². The fourth-order valence-electron chi connectivity index (χ4n) is 3.03. The standard InChI is InChI=1S/C12H16N2OS/c15-12(14-9-4-5-16-7-9)11-10-3-1-2-8(10)6-13-11/h4-5,7-8,10-11,13H,1-3,6H2,(H,14,15). The van der Waals surface area contributed by atoms with Gasteiger partial charge in [0, 0.05) is 5.38 Å². The third-order valence-corrected chi connectivity index (χ3v) is 4.50. The Kier molecular flexibility index (Phi) is 2.69. The molecule has 1 aliphatic carbocycles. The minimum absolute atomic E-state index is 0.0346. The van der Waals surface area contributed by atoms with E-state index in [1.54, 1.807) is 11.3 Å². The molecule has 2 heterocycles. The fourth-order valence-corrected chi connectivity index (χ4v) is 3.62. The first-order chi connectivity index (χ1) is 7.84. The number of carbonyl (C=O) groups is 1. The Hall–Kier alpha value is -0.870. The van der Waals surface area contributed by atoms with Crippen LogP contribution in [-0.2, 0) is 4.79 Å². The van der Waals surface area contributed by atoms with Crippen LogP contribution in [0.2, 0.25) is 0 Å². The van der Waals surface area contributed by atoms with Crippen molar-refractivity contribution in [1.29, 1.82) is 0 Å². The molecule has 0 aromatic carbocycles. The van der Waals surface area contributed by atoms with E-state index in [0.29, 0.717) is 5.92 Å². The van der Waals surface area contributed by atoms with Crippen LogP contribution in [0.5, 0.6) is 0 Å². The summed E-state index contributed by atoms with van der Waals surface area (Å²) < 4.78 is 0. The van der Waals surface area contributed by atoms with E-state index in [-0.39, 0.29) is 11.9 Å². The zero-order valence-electron chi connectivity index (χ0n) is 9.11. The smallest absolute Gasteiger partial charge is 0.241 e. The van der Waals surface area contributed by atoms with Gasteiger partial charge in [0.2, 0.25) is 5.91 Å². The normalized spacial score (nSPS) is 32.6. The van der Waals surface area contributed by atoms with Gasteiger partial charge in [-0.05, 0) is 42.7 Å². The molecule has 2 aliphatic rings. The van der Waals surface area contributed by atoms with E-state index in [9.17, 15) is 4.79 Å². The Bertz CT molecular complexity index is 376. The molecule has 4 heteroatoms. The summed E-state index contributed by atoms with van der Waals surface area (Å²) >= 11 is 1.61. The summed E-state index contributed by atoms with van der Waals surface area (Å²) in [6, 6.07) is 1.98. The first-order valence-electron chi connectivity index (χ1n) is 5.91. The molecule has 16 heavy (non-hydrogen) atoms. The van der Waals surface area contributed by atoms with Gasteiger partial charge in [-0.2, -0.15) is 11.3 Å². The molecule has 1 saturated heterocycles. The minimum Gasteiger partial charge on any atom is -0.324 e. The van der Waals surface area contributed by atoms with E-state index in [4.69, 9.17) is 0 Å². The molecule has 1 aromatic heterocycles. The molecular weight excluding hydrogens is 220 g/mol. The van der Waals surface area contributed by atoms with Crippen molar-refractivity contribution in [3.05, 3.63) is 16.8 Å². The lowest BCUT2D eigenvalue weighted by Crippen LogP contribution is -2.39. The SMILES string of the molecule is O=C(Nc1ccsc1)C1NCC2CCCC21. The van der Waals surface area contributed by atoms with Gasteiger partial charge in [-0.25, -0.2) is 0 Å². The lowest BCUT2D eigenvalue weighted by molar-refractivity contribution is -0.118. The van der Waals surface area contributed by atoms with Crippen LogP contribution in [-0.4, -0.2) is 18.5 Å². The first kappa shape index (κ1) is 10.3. The van der Waals surface area contributed by atoms with Crippen molar-refractivity contribution in [2.45, 2.75) is 25.3 Å². The Labute approximate surface area is 99.2 Å². The number of carbonyl (C=O) groups excluding carboxylic acids is 1. The molecule has 2 N–H and O–H groups in total. The third-order valence-electron chi connectivity index (χ3n) is 3.82. The number of anilines is 1. The van der Waals surface area contributed by atoms with Gasteiger partial charge in [-0.3, -0.25) is 4.79 Å². The van der Waals surface area contributed by atoms with Crippen molar-refractivity contribution >= 4 is 22.9 Å². The average molecular weight is 236 g/mol. The molecule has 3 atom stereocenters. The summed E-state index contributed by atoms with van der Waals surface area (Å²) in [4.78, 5) is 12.1. The van der Waals surface area contributed by atoms with Crippen molar-refractivity contribution in [2.24, 2.45) is 11.8 Å². The predicted octanol–water partition coefficient (Wildman–Crippen LogP) is 2.07. The molecule has 1 saturated carbocycles. The van der Waals surface area contributed by atoms with Crippen LogP contribution in [0.25, 0.3) is 0 Å².